The monoisotopic (exact) mass is 415 g/mol. The summed E-state index contributed by atoms with van der Waals surface area (Å²) in [5, 5.41) is 12.4. The summed E-state index contributed by atoms with van der Waals surface area (Å²) in [5.41, 5.74) is 3.62. The van der Waals surface area contributed by atoms with Crippen LogP contribution in [0.25, 0.3) is 5.69 Å². The second-order valence-electron chi connectivity index (χ2n) is 6.57. The number of rotatable bonds is 10. The minimum Gasteiger partial charge on any atom is -0.497 e. The maximum absolute atomic E-state index is 12.8. The maximum atomic E-state index is 12.8. The molecule has 0 radical (unpaired) electrons. The van der Waals surface area contributed by atoms with Crippen molar-refractivity contribution in [2.45, 2.75) is 32.0 Å². The van der Waals surface area contributed by atoms with Gasteiger partial charge in [0.2, 0.25) is 5.16 Å². The van der Waals surface area contributed by atoms with Crippen LogP contribution in [-0.4, -0.2) is 57.1 Å². The second-order valence-corrected chi connectivity index (χ2v) is 7.51. The Kier molecular flexibility index (Phi) is 7.05. The van der Waals surface area contributed by atoms with Gasteiger partial charge in [0.25, 0.3) is 0 Å². The Morgan fingerprint density at radius 3 is 2.62 bits per heavy atom. The zero-order valence-electron chi connectivity index (χ0n) is 17.1. The van der Waals surface area contributed by atoms with Gasteiger partial charge in [0.1, 0.15) is 5.75 Å². The van der Waals surface area contributed by atoms with E-state index >= 15 is 0 Å². The van der Waals surface area contributed by atoms with Crippen LogP contribution in [0.15, 0.2) is 35.5 Å². The molecule has 3 aromatic rings. The Morgan fingerprint density at radius 2 is 1.93 bits per heavy atom. The molecule has 3 rings (SSSR count). The Bertz CT molecular complexity index is 965. The highest BCUT2D eigenvalue weighted by atomic mass is 32.2. The van der Waals surface area contributed by atoms with Gasteiger partial charge in [-0.1, -0.05) is 11.8 Å². The van der Waals surface area contributed by atoms with Crippen LogP contribution in [0.3, 0.4) is 0 Å². The van der Waals surface area contributed by atoms with Crippen LogP contribution in [0.5, 0.6) is 5.75 Å². The minimum absolute atomic E-state index is 0.0605. The number of hydrogen-bond donors (Lipinski definition) is 0. The number of methoxy groups -OCH3 is 2. The van der Waals surface area contributed by atoms with Crippen LogP contribution in [0, 0.1) is 13.8 Å². The van der Waals surface area contributed by atoms with E-state index in [0.29, 0.717) is 11.8 Å². The van der Waals surface area contributed by atoms with Gasteiger partial charge in [-0.05, 0) is 61.0 Å². The normalized spacial score (nSPS) is 11.0. The van der Waals surface area contributed by atoms with Crippen LogP contribution in [0.4, 0.5) is 0 Å². The molecule has 0 aliphatic rings. The average Bonchev–Trinajstić information content (AvgIpc) is 3.31. The quantitative estimate of drug-likeness (QED) is 0.286. The van der Waals surface area contributed by atoms with E-state index in [2.05, 4.69) is 20.1 Å². The van der Waals surface area contributed by atoms with Gasteiger partial charge in [-0.15, -0.1) is 5.10 Å². The van der Waals surface area contributed by atoms with Crippen molar-refractivity contribution in [1.29, 1.82) is 0 Å². The fourth-order valence-electron chi connectivity index (χ4n) is 3.16. The minimum atomic E-state index is 0.0605. The SMILES string of the molecule is COCCCn1c(C)cc(C(=O)CSc2nnnn2-c2ccc(OC)cc2)c1C. The standard InChI is InChI=1S/C20H25N5O3S/c1-14-12-18(15(2)24(14)10-5-11-27-3)19(26)13-29-20-21-22-23-25(20)16-6-8-17(28-4)9-7-16/h6-9,12H,5,10-11,13H2,1-4H3. The zero-order chi connectivity index (χ0) is 20.8. The van der Waals surface area contributed by atoms with Crippen LogP contribution in [0.1, 0.15) is 28.2 Å². The van der Waals surface area contributed by atoms with Gasteiger partial charge in [0, 0.05) is 37.2 Å². The first-order valence-corrected chi connectivity index (χ1v) is 10.3. The van der Waals surface area contributed by atoms with Gasteiger partial charge in [-0.25, -0.2) is 0 Å². The summed E-state index contributed by atoms with van der Waals surface area (Å²) in [6.45, 7) is 5.54. The predicted molar refractivity (Wildman–Crippen MR) is 111 cm³/mol. The van der Waals surface area contributed by atoms with Crippen molar-refractivity contribution >= 4 is 17.5 Å². The average molecular weight is 416 g/mol. The lowest BCUT2D eigenvalue weighted by Gasteiger charge is -2.09. The van der Waals surface area contributed by atoms with E-state index in [-0.39, 0.29) is 11.5 Å². The molecule has 0 atom stereocenters. The number of nitrogens with zero attached hydrogens (tertiary/aromatic N) is 5. The summed E-state index contributed by atoms with van der Waals surface area (Å²) < 4.78 is 14.1. The molecule has 2 heterocycles. The first-order valence-electron chi connectivity index (χ1n) is 9.29. The van der Waals surface area contributed by atoms with E-state index in [1.807, 2.05) is 44.2 Å². The fourth-order valence-corrected chi connectivity index (χ4v) is 3.93. The summed E-state index contributed by atoms with van der Waals surface area (Å²) in [4.78, 5) is 12.8. The topological polar surface area (TPSA) is 84.1 Å². The summed E-state index contributed by atoms with van der Waals surface area (Å²) in [6, 6.07) is 9.38. The predicted octanol–water partition coefficient (Wildman–Crippen LogP) is 3.10. The fraction of sp³-hybridized carbons (Fsp3) is 0.400. The van der Waals surface area contributed by atoms with Crippen LogP contribution in [-0.2, 0) is 11.3 Å². The van der Waals surface area contributed by atoms with E-state index in [4.69, 9.17) is 9.47 Å². The Labute approximate surface area is 174 Å². The lowest BCUT2D eigenvalue weighted by Crippen LogP contribution is -2.08. The molecule has 0 bridgehead atoms. The Balaban J connectivity index is 1.69. The van der Waals surface area contributed by atoms with Gasteiger partial charge < -0.3 is 14.0 Å². The van der Waals surface area contributed by atoms with Gasteiger partial charge >= 0.3 is 0 Å². The number of thioether (sulfide) groups is 1. The molecule has 154 valence electrons. The van der Waals surface area contributed by atoms with Crippen molar-refractivity contribution in [2.24, 2.45) is 0 Å². The molecule has 1 aromatic carbocycles. The van der Waals surface area contributed by atoms with E-state index in [1.165, 1.54) is 11.8 Å². The van der Waals surface area contributed by atoms with E-state index < -0.39 is 0 Å². The zero-order valence-corrected chi connectivity index (χ0v) is 17.9. The molecule has 0 saturated heterocycles. The smallest absolute Gasteiger partial charge is 0.214 e. The van der Waals surface area contributed by atoms with E-state index in [0.717, 1.165) is 41.4 Å². The number of tetrazole rings is 1. The van der Waals surface area contributed by atoms with Crippen LogP contribution < -0.4 is 4.74 Å². The van der Waals surface area contributed by atoms with Crippen molar-refractivity contribution in [3.8, 4) is 11.4 Å². The first kappa shape index (κ1) is 21.1. The molecule has 0 fully saturated rings. The van der Waals surface area contributed by atoms with Gasteiger partial charge in [0.15, 0.2) is 5.78 Å². The maximum Gasteiger partial charge on any atom is 0.214 e. The van der Waals surface area contributed by atoms with Crippen molar-refractivity contribution < 1.29 is 14.3 Å². The number of ether oxygens (including phenoxy) is 2. The Hall–Kier alpha value is -2.65. The van der Waals surface area contributed by atoms with Crippen LogP contribution in [0.2, 0.25) is 0 Å². The largest absolute Gasteiger partial charge is 0.497 e. The molecule has 0 aliphatic heterocycles. The first-order chi connectivity index (χ1) is 14.0. The third kappa shape index (κ3) is 4.86. The van der Waals surface area contributed by atoms with E-state index in [1.54, 1.807) is 18.9 Å². The second kappa shape index (κ2) is 9.71. The van der Waals surface area contributed by atoms with Gasteiger partial charge in [-0.2, -0.15) is 4.68 Å². The molecule has 29 heavy (non-hydrogen) atoms. The molecule has 0 unspecified atom stereocenters. The highest BCUT2D eigenvalue weighted by Crippen LogP contribution is 2.23. The molecular weight excluding hydrogens is 390 g/mol. The molecule has 2 aromatic heterocycles. The highest BCUT2D eigenvalue weighted by molar-refractivity contribution is 7.99. The molecular formula is C20H25N5O3S. The Morgan fingerprint density at radius 1 is 1.17 bits per heavy atom. The molecule has 0 amide bonds. The number of Topliss-reactive ketones (excluding diaryl/α,β-unsaturated/α-hetero) is 1. The molecule has 9 heteroatoms. The third-order valence-electron chi connectivity index (χ3n) is 4.69. The lowest BCUT2D eigenvalue weighted by molar-refractivity contribution is 0.102. The number of carbonyl (C=O) groups is 1. The number of hydrogen-bond acceptors (Lipinski definition) is 7. The molecule has 0 saturated carbocycles. The molecule has 0 aliphatic carbocycles. The van der Waals surface area contributed by atoms with Crippen molar-refractivity contribution in [3.05, 3.63) is 47.3 Å². The number of carbonyl (C=O) groups excluding carboxylic acids is 1. The van der Waals surface area contributed by atoms with Gasteiger partial charge in [-0.3, -0.25) is 4.79 Å². The lowest BCUT2D eigenvalue weighted by atomic mass is 10.2. The van der Waals surface area contributed by atoms with Crippen molar-refractivity contribution in [2.75, 3.05) is 26.6 Å². The van der Waals surface area contributed by atoms with Gasteiger partial charge in [0.05, 0.1) is 18.6 Å². The summed E-state index contributed by atoms with van der Waals surface area (Å²) in [5.74, 6) is 1.08. The summed E-state index contributed by atoms with van der Waals surface area (Å²) in [6.07, 6.45) is 0.909. The molecule has 8 nitrogen and oxygen atoms in total. The number of aryl methyl sites for hydroxylation is 1. The third-order valence-corrected chi connectivity index (χ3v) is 5.61. The number of benzene rings is 1. The summed E-state index contributed by atoms with van der Waals surface area (Å²) in [7, 11) is 3.31. The highest BCUT2D eigenvalue weighted by Gasteiger charge is 2.18. The molecule has 0 spiro atoms. The number of ketones is 1. The molecule has 0 N–H and O–H groups in total. The van der Waals surface area contributed by atoms with Crippen LogP contribution >= 0.6 is 11.8 Å². The van der Waals surface area contributed by atoms with E-state index in [9.17, 15) is 4.79 Å². The van der Waals surface area contributed by atoms with Crippen molar-refractivity contribution in [1.82, 2.24) is 24.8 Å². The van der Waals surface area contributed by atoms with Crippen molar-refractivity contribution in [3.63, 3.8) is 0 Å². The summed E-state index contributed by atoms with van der Waals surface area (Å²) >= 11 is 1.32. The number of aromatic nitrogens is 5.